The van der Waals surface area contributed by atoms with Gasteiger partial charge in [0.1, 0.15) is 30.0 Å². The van der Waals surface area contributed by atoms with Crippen molar-refractivity contribution in [1.29, 1.82) is 5.41 Å². The number of nitrogens with one attached hydrogen (secondary N) is 6. The van der Waals surface area contributed by atoms with Crippen LogP contribution in [0.4, 0.5) is 0 Å². The van der Waals surface area contributed by atoms with Gasteiger partial charge in [0, 0.05) is 38.3 Å². The van der Waals surface area contributed by atoms with Crippen LogP contribution in [0.5, 0.6) is 0 Å². The number of rotatable bonds is 29. The number of aliphatic imine (C=N–C) groups is 4. The minimum atomic E-state index is -1.25. The van der Waals surface area contributed by atoms with Crippen LogP contribution >= 0.6 is 0 Å². The van der Waals surface area contributed by atoms with Crippen LogP contribution in [0.15, 0.2) is 44.2 Å². The van der Waals surface area contributed by atoms with Gasteiger partial charge in [-0.15, -0.1) is 0 Å². The zero-order valence-electron chi connectivity index (χ0n) is 35.6. The highest BCUT2D eigenvalue weighted by Crippen LogP contribution is 2.10. The molecule has 0 aliphatic carbocycles. The van der Waals surface area contributed by atoms with E-state index in [-0.39, 0.29) is 101 Å². The van der Waals surface area contributed by atoms with Crippen LogP contribution < -0.4 is 83.9 Å². The average Bonchev–Trinajstić information content (AvgIpc) is 3.20. The van der Waals surface area contributed by atoms with Gasteiger partial charge in [-0.05, 0) is 62.8 Å². The number of carbonyl (C=O) groups is 5. The lowest BCUT2D eigenvalue weighted by atomic mass is 10.0. The first-order valence-corrected chi connectivity index (χ1v) is 20.1. The van der Waals surface area contributed by atoms with E-state index in [1.54, 1.807) is 38.1 Å². The van der Waals surface area contributed by atoms with E-state index in [0.717, 1.165) is 0 Å². The van der Waals surface area contributed by atoms with Crippen LogP contribution in [0.3, 0.4) is 0 Å². The topological polar surface area (TPSA) is 479 Å². The van der Waals surface area contributed by atoms with Crippen LogP contribution in [0.2, 0.25) is 0 Å². The quantitative estimate of drug-likeness (QED) is 0.0203. The molecule has 26 N–H and O–H groups in total. The Balaban J connectivity index is 3.32. The number of amidine groups is 1. The van der Waals surface area contributed by atoms with Crippen LogP contribution in [-0.4, -0.2) is 116 Å². The van der Waals surface area contributed by atoms with Crippen molar-refractivity contribution in [3.8, 4) is 0 Å². The maximum Gasteiger partial charge on any atom is 0.243 e. The number of nitrogen functional groups attached to an aromatic ring is 1. The Kier molecular flexibility index (Phi) is 24.4. The smallest absolute Gasteiger partial charge is 0.243 e. The number of carbonyl (C=O) groups excluding carboxylic acids is 5. The van der Waals surface area contributed by atoms with Crippen molar-refractivity contribution >= 4 is 59.2 Å². The highest BCUT2D eigenvalue weighted by Gasteiger charge is 2.33. The van der Waals surface area contributed by atoms with E-state index < -0.39 is 65.7 Å². The molecule has 0 aliphatic rings. The van der Waals surface area contributed by atoms with Gasteiger partial charge in [0.25, 0.3) is 0 Å². The molecule has 5 amide bonds. The standard InChI is InChI=1S/C37H68N20O5/c1-20(2)27(33(62)56-24(8-4-16-50-35(43)44)30(59)53-19-21-11-13-22(14-12-21)28(39)40)57-32(61)26(10-6-18-52-37(47)48)55-31(60)25(9-5-17-51-36(45)46)54-29(58)23(38)7-3-15-49-34(41)42/h11-14,20,23-27H,3-10,15-19,38H2,1-2H3,(H3,39,40)(H,53,59)(H,54,58)(H,55,60)(H,56,62)(H,57,61)(H4,41,42,49)(H4,43,44,50)(H4,45,46,51)(H4,47,48,52)/t23-,24+,25+,26+,27+/m1/s1. The summed E-state index contributed by atoms with van der Waals surface area (Å²) in [5.74, 6) is -4.46. The SMILES string of the molecule is CC(C)[C@H](NC(=O)[C@H](CCCN=C(N)N)NC(=O)[C@H](CCCN=C(N)N)NC(=O)[C@H](N)CCCN=C(N)N)C(=O)N[C@@H](CCCN=C(N)N)C(=O)NCc1ccc(C(=N)N)cc1. The minimum Gasteiger partial charge on any atom is -0.384 e. The second-order valence-corrected chi connectivity index (χ2v) is 14.6. The first-order valence-electron chi connectivity index (χ1n) is 20.1. The number of guanidine groups is 4. The number of nitrogens with two attached hydrogens (primary N) is 10. The average molecular weight is 873 g/mol. The number of amides is 5. The predicted octanol–water partition coefficient (Wildman–Crippen LogP) is -5.28. The lowest BCUT2D eigenvalue weighted by molar-refractivity contribution is -0.135. The number of hydrogen-bond donors (Lipinski definition) is 16. The van der Waals surface area contributed by atoms with Crippen molar-refractivity contribution in [3.63, 3.8) is 0 Å². The van der Waals surface area contributed by atoms with Gasteiger partial charge in [0.15, 0.2) is 23.8 Å². The van der Waals surface area contributed by atoms with Crippen LogP contribution in [0, 0.1) is 11.3 Å². The van der Waals surface area contributed by atoms with Gasteiger partial charge in [0.2, 0.25) is 29.5 Å². The fraction of sp³-hybridized carbons (Fsp3) is 0.568. The third-order valence-electron chi connectivity index (χ3n) is 9.02. The third-order valence-corrected chi connectivity index (χ3v) is 9.02. The summed E-state index contributed by atoms with van der Waals surface area (Å²) in [5.41, 5.74) is 56.4. The largest absolute Gasteiger partial charge is 0.384 e. The van der Waals surface area contributed by atoms with Crippen LogP contribution in [-0.2, 0) is 30.5 Å². The van der Waals surface area contributed by atoms with Gasteiger partial charge >= 0.3 is 0 Å². The van der Waals surface area contributed by atoms with Crippen molar-refractivity contribution in [2.75, 3.05) is 26.2 Å². The number of nitrogens with zero attached hydrogens (tertiary/aromatic N) is 4. The molecule has 1 aromatic rings. The lowest BCUT2D eigenvalue weighted by Gasteiger charge is -2.28. The second kappa shape index (κ2) is 28.5. The summed E-state index contributed by atoms with van der Waals surface area (Å²) in [5, 5.41) is 21.2. The third kappa shape index (κ3) is 22.5. The molecule has 0 aromatic heterocycles. The Morgan fingerprint density at radius 3 is 1.31 bits per heavy atom. The molecular formula is C37H68N20O5. The van der Waals surface area contributed by atoms with E-state index in [1.807, 2.05) is 0 Å². The van der Waals surface area contributed by atoms with Crippen LogP contribution in [0.25, 0.3) is 0 Å². The Morgan fingerprint density at radius 2 is 0.903 bits per heavy atom. The predicted molar refractivity (Wildman–Crippen MR) is 239 cm³/mol. The van der Waals surface area contributed by atoms with E-state index >= 15 is 0 Å². The molecule has 25 nitrogen and oxygen atoms in total. The Labute approximate surface area is 361 Å². The summed E-state index contributed by atoms with van der Waals surface area (Å²) < 4.78 is 0. The Hall–Kier alpha value is -6.92. The van der Waals surface area contributed by atoms with E-state index in [4.69, 9.17) is 62.7 Å². The first-order chi connectivity index (χ1) is 29.2. The van der Waals surface area contributed by atoms with E-state index in [9.17, 15) is 24.0 Å². The zero-order chi connectivity index (χ0) is 46.8. The van der Waals surface area contributed by atoms with Gasteiger partial charge < -0.3 is 83.9 Å². The molecular weight excluding hydrogens is 805 g/mol. The van der Waals surface area contributed by atoms with E-state index in [0.29, 0.717) is 24.0 Å². The van der Waals surface area contributed by atoms with Crippen LogP contribution in [0.1, 0.15) is 76.3 Å². The molecule has 62 heavy (non-hydrogen) atoms. The lowest BCUT2D eigenvalue weighted by Crippen LogP contribution is -2.59. The number of benzene rings is 1. The maximum absolute atomic E-state index is 14.0. The number of hydrogen-bond acceptors (Lipinski definition) is 11. The summed E-state index contributed by atoms with van der Waals surface area (Å²) in [4.78, 5) is 84.1. The molecule has 0 aliphatic heterocycles. The van der Waals surface area contributed by atoms with Crippen molar-refractivity contribution in [2.45, 2.75) is 102 Å². The van der Waals surface area contributed by atoms with E-state index in [2.05, 4.69) is 46.6 Å². The molecule has 0 spiro atoms. The van der Waals surface area contributed by atoms with Crippen molar-refractivity contribution in [1.82, 2.24) is 26.6 Å². The maximum atomic E-state index is 14.0. The minimum absolute atomic E-state index is 0.0168. The molecule has 0 fully saturated rings. The van der Waals surface area contributed by atoms with Crippen molar-refractivity contribution in [2.24, 2.45) is 83.2 Å². The van der Waals surface area contributed by atoms with Gasteiger partial charge in [-0.2, -0.15) is 0 Å². The van der Waals surface area contributed by atoms with Gasteiger partial charge in [-0.25, -0.2) is 0 Å². The molecule has 1 aromatic carbocycles. The molecule has 5 atom stereocenters. The highest BCUT2D eigenvalue weighted by atomic mass is 16.2. The normalized spacial score (nSPS) is 13.1. The van der Waals surface area contributed by atoms with Crippen molar-refractivity contribution < 1.29 is 24.0 Å². The Morgan fingerprint density at radius 1 is 0.532 bits per heavy atom. The van der Waals surface area contributed by atoms with Gasteiger partial charge in [-0.3, -0.25) is 49.4 Å². The molecule has 25 heteroatoms. The summed E-state index contributed by atoms with van der Waals surface area (Å²) in [7, 11) is 0. The molecule has 346 valence electrons. The molecule has 0 bridgehead atoms. The molecule has 0 saturated heterocycles. The molecule has 0 heterocycles. The summed E-state index contributed by atoms with van der Waals surface area (Å²) in [6.07, 6.45) is 1.61. The first kappa shape index (κ1) is 53.1. The summed E-state index contributed by atoms with van der Waals surface area (Å²) in [6, 6.07) is 1.01. The monoisotopic (exact) mass is 873 g/mol. The van der Waals surface area contributed by atoms with Gasteiger partial charge in [-0.1, -0.05) is 38.1 Å². The summed E-state index contributed by atoms with van der Waals surface area (Å²) in [6.45, 7) is 4.16. The highest BCUT2D eigenvalue weighted by molar-refractivity contribution is 5.96. The zero-order valence-corrected chi connectivity index (χ0v) is 35.6. The van der Waals surface area contributed by atoms with E-state index in [1.165, 1.54) is 0 Å². The molecule has 0 unspecified atom stereocenters. The fourth-order valence-corrected chi connectivity index (χ4v) is 5.68. The second-order valence-electron chi connectivity index (χ2n) is 14.6. The Bertz CT molecular complexity index is 1730. The molecule has 0 saturated carbocycles. The van der Waals surface area contributed by atoms with Gasteiger partial charge in [0.05, 0.1) is 6.04 Å². The fourth-order valence-electron chi connectivity index (χ4n) is 5.68. The summed E-state index contributed by atoms with van der Waals surface area (Å²) >= 11 is 0. The molecule has 0 radical (unpaired) electrons. The van der Waals surface area contributed by atoms with Crippen molar-refractivity contribution in [3.05, 3.63) is 35.4 Å². The molecule has 1 rings (SSSR count).